The molecule has 80 valence electrons. The zero-order valence-corrected chi connectivity index (χ0v) is 9.49. The molecule has 1 N–H and O–H groups in total. The van der Waals surface area contributed by atoms with Crippen LogP contribution in [0.4, 0.5) is 5.69 Å². The van der Waals surface area contributed by atoms with Gasteiger partial charge >= 0.3 is 0 Å². The lowest BCUT2D eigenvalue weighted by molar-refractivity contribution is 0.494. The van der Waals surface area contributed by atoms with Gasteiger partial charge in [-0.2, -0.15) is 5.26 Å². The Labute approximate surface area is 91.1 Å². The first-order valence-electron chi connectivity index (χ1n) is 5.30. The number of aromatic nitrogens is 1. The fourth-order valence-corrected chi connectivity index (χ4v) is 1.35. The van der Waals surface area contributed by atoms with Crippen molar-refractivity contribution >= 4 is 5.69 Å². The minimum absolute atomic E-state index is 0.353. The number of nitrogens with one attached hydrogen (secondary N) is 1. The number of rotatable bonds is 4. The van der Waals surface area contributed by atoms with Crippen molar-refractivity contribution in [2.24, 2.45) is 5.92 Å². The van der Waals surface area contributed by atoms with Gasteiger partial charge in [-0.15, -0.1) is 0 Å². The van der Waals surface area contributed by atoms with Crippen molar-refractivity contribution in [1.82, 2.24) is 4.98 Å². The molecule has 0 aliphatic heterocycles. The van der Waals surface area contributed by atoms with Crippen molar-refractivity contribution < 1.29 is 0 Å². The predicted octanol–water partition coefficient (Wildman–Crippen LogP) is 2.80. The quantitative estimate of drug-likeness (QED) is 0.818. The Morgan fingerprint density at radius 3 is 2.87 bits per heavy atom. The van der Waals surface area contributed by atoms with E-state index >= 15 is 0 Å². The van der Waals surface area contributed by atoms with Crippen molar-refractivity contribution in [2.75, 3.05) is 5.32 Å². The van der Waals surface area contributed by atoms with Crippen LogP contribution in [0, 0.1) is 17.2 Å². The minimum Gasteiger partial charge on any atom is -0.380 e. The SMILES string of the molecule is CCC(C)C(C)Nc1cccnc1C#N. The number of hydrogen-bond donors (Lipinski definition) is 1. The summed E-state index contributed by atoms with van der Waals surface area (Å²) in [6.45, 7) is 6.49. The fourth-order valence-electron chi connectivity index (χ4n) is 1.35. The Balaban J connectivity index is 2.77. The first-order chi connectivity index (χ1) is 7.19. The van der Waals surface area contributed by atoms with Gasteiger partial charge in [-0.1, -0.05) is 20.3 Å². The Kier molecular flexibility index (Phi) is 4.11. The normalized spacial score (nSPS) is 14.0. The van der Waals surface area contributed by atoms with Crippen molar-refractivity contribution in [3.63, 3.8) is 0 Å². The van der Waals surface area contributed by atoms with Gasteiger partial charge in [-0.05, 0) is 25.0 Å². The minimum atomic E-state index is 0.353. The maximum Gasteiger partial charge on any atom is 0.163 e. The van der Waals surface area contributed by atoms with Gasteiger partial charge in [0.15, 0.2) is 5.69 Å². The molecule has 1 heterocycles. The van der Waals surface area contributed by atoms with E-state index in [1.165, 1.54) is 0 Å². The highest BCUT2D eigenvalue weighted by Crippen LogP contribution is 2.16. The van der Waals surface area contributed by atoms with Crippen LogP contribution in [-0.4, -0.2) is 11.0 Å². The van der Waals surface area contributed by atoms with Crippen LogP contribution in [0.1, 0.15) is 32.9 Å². The molecule has 0 spiro atoms. The average Bonchev–Trinajstić information content (AvgIpc) is 2.28. The summed E-state index contributed by atoms with van der Waals surface area (Å²) in [5.74, 6) is 0.580. The van der Waals surface area contributed by atoms with E-state index in [2.05, 4.69) is 37.1 Å². The molecule has 3 nitrogen and oxygen atoms in total. The second-order valence-corrected chi connectivity index (χ2v) is 3.83. The van der Waals surface area contributed by atoms with E-state index in [1.54, 1.807) is 6.20 Å². The topological polar surface area (TPSA) is 48.7 Å². The lowest BCUT2D eigenvalue weighted by atomic mass is 10.0. The summed E-state index contributed by atoms with van der Waals surface area (Å²) in [4.78, 5) is 4.01. The van der Waals surface area contributed by atoms with E-state index in [9.17, 15) is 0 Å². The maximum absolute atomic E-state index is 8.87. The first-order valence-corrected chi connectivity index (χ1v) is 5.30. The molecule has 0 bridgehead atoms. The summed E-state index contributed by atoms with van der Waals surface area (Å²) >= 11 is 0. The van der Waals surface area contributed by atoms with Crippen molar-refractivity contribution in [2.45, 2.75) is 33.2 Å². The molecule has 0 fully saturated rings. The monoisotopic (exact) mass is 203 g/mol. The molecule has 0 saturated heterocycles. The van der Waals surface area contributed by atoms with Crippen LogP contribution in [0.2, 0.25) is 0 Å². The summed E-state index contributed by atoms with van der Waals surface area (Å²) in [6.07, 6.45) is 2.76. The fraction of sp³-hybridized carbons (Fsp3) is 0.500. The van der Waals surface area contributed by atoms with Gasteiger partial charge in [-0.3, -0.25) is 0 Å². The third kappa shape index (κ3) is 2.95. The van der Waals surface area contributed by atoms with Crippen molar-refractivity contribution in [3.8, 4) is 6.07 Å². The van der Waals surface area contributed by atoms with Crippen molar-refractivity contribution in [3.05, 3.63) is 24.0 Å². The lowest BCUT2D eigenvalue weighted by Gasteiger charge is -2.21. The standard InChI is InChI=1S/C12H17N3/c1-4-9(2)10(3)15-11-6-5-7-14-12(11)8-13/h5-7,9-10,15H,4H2,1-3H3. The number of anilines is 1. The van der Waals surface area contributed by atoms with E-state index in [1.807, 2.05) is 12.1 Å². The smallest absolute Gasteiger partial charge is 0.163 e. The molecule has 15 heavy (non-hydrogen) atoms. The largest absolute Gasteiger partial charge is 0.380 e. The Morgan fingerprint density at radius 2 is 2.27 bits per heavy atom. The molecular formula is C12H17N3. The summed E-state index contributed by atoms with van der Waals surface area (Å²) < 4.78 is 0. The van der Waals surface area contributed by atoms with Gasteiger partial charge in [0.05, 0.1) is 5.69 Å². The van der Waals surface area contributed by atoms with Gasteiger partial charge < -0.3 is 5.32 Å². The molecule has 0 amide bonds. The molecular weight excluding hydrogens is 186 g/mol. The van der Waals surface area contributed by atoms with Gasteiger partial charge in [-0.25, -0.2) is 4.98 Å². The molecule has 1 aromatic heterocycles. The van der Waals surface area contributed by atoms with Crippen LogP contribution in [0.25, 0.3) is 0 Å². The van der Waals surface area contributed by atoms with Gasteiger partial charge in [0.25, 0.3) is 0 Å². The third-order valence-electron chi connectivity index (χ3n) is 2.79. The lowest BCUT2D eigenvalue weighted by Crippen LogP contribution is -2.23. The highest BCUT2D eigenvalue weighted by Gasteiger charge is 2.11. The van der Waals surface area contributed by atoms with Crippen molar-refractivity contribution in [1.29, 1.82) is 5.26 Å². The van der Waals surface area contributed by atoms with E-state index < -0.39 is 0 Å². The molecule has 2 atom stereocenters. The van der Waals surface area contributed by atoms with Crippen LogP contribution in [-0.2, 0) is 0 Å². The van der Waals surface area contributed by atoms with Gasteiger partial charge in [0.1, 0.15) is 6.07 Å². The van der Waals surface area contributed by atoms with Crippen LogP contribution in [0.15, 0.2) is 18.3 Å². The number of nitrogens with zero attached hydrogens (tertiary/aromatic N) is 2. The zero-order valence-electron chi connectivity index (χ0n) is 9.49. The zero-order chi connectivity index (χ0) is 11.3. The first kappa shape index (κ1) is 11.5. The van der Waals surface area contributed by atoms with Crippen LogP contribution in [0.3, 0.4) is 0 Å². The highest BCUT2D eigenvalue weighted by atomic mass is 14.9. The van der Waals surface area contributed by atoms with E-state index in [4.69, 9.17) is 5.26 Å². The highest BCUT2D eigenvalue weighted by molar-refractivity contribution is 5.53. The van der Waals surface area contributed by atoms with Gasteiger partial charge in [0, 0.05) is 12.2 Å². The second-order valence-electron chi connectivity index (χ2n) is 3.83. The van der Waals surface area contributed by atoms with E-state index in [0.29, 0.717) is 17.7 Å². The Morgan fingerprint density at radius 1 is 1.53 bits per heavy atom. The van der Waals surface area contributed by atoms with E-state index in [-0.39, 0.29) is 0 Å². The Hall–Kier alpha value is -1.56. The van der Waals surface area contributed by atoms with E-state index in [0.717, 1.165) is 12.1 Å². The molecule has 0 radical (unpaired) electrons. The molecule has 0 aromatic carbocycles. The summed E-state index contributed by atoms with van der Waals surface area (Å²) in [5.41, 5.74) is 1.29. The number of nitriles is 1. The summed E-state index contributed by atoms with van der Waals surface area (Å²) in [7, 11) is 0. The molecule has 1 aromatic rings. The van der Waals surface area contributed by atoms with Gasteiger partial charge in [0.2, 0.25) is 0 Å². The predicted molar refractivity (Wildman–Crippen MR) is 61.5 cm³/mol. The Bertz CT molecular complexity index is 354. The number of pyridine rings is 1. The van der Waals surface area contributed by atoms with Crippen LogP contribution in [0.5, 0.6) is 0 Å². The molecule has 0 saturated carbocycles. The molecule has 0 aliphatic rings. The summed E-state index contributed by atoms with van der Waals surface area (Å²) in [5, 5.41) is 12.2. The third-order valence-corrected chi connectivity index (χ3v) is 2.79. The number of hydrogen-bond acceptors (Lipinski definition) is 3. The van der Waals surface area contributed by atoms with Crippen LogP contribution < -0.4 is 5.32 Å². The maximum atomic E-state index is 8.87. The summed E-state index contributed by atoms with van der Waals surface area (Å²) in [6, 6.07) is 6.17. The molecule has 0 aliphatic carbocycles. The van der Waals surface area contributed by atoms with Crippen LogP contribution >= 0.6 is 0 Å². The average molecular weight is 203 g/mol. The molecule has 3 heteroatoms. The molecule has 2 unspecified atom stereocenters. The molecule has 1 rings (SSSR count). The second kappa shape index (κ2) is 5.35.